The number of rotatable bonds is 3. The fourth-order valence-electron chi connectivity index (χ4n) is 2.66. The summed E-state index contributed by atoms with van der Waals surface area (Å²) in [6, 6.07) is 5.21. The molecule has 1 aliphatic carbocycles. The Balaban J connectivity index is 1.51. The Kier molecular flexibility index (Phi) is 4.21. The minimum absolute atomic E-state index is 0.0362. The molecule has 2 fully saturated rings. The van der Waals surface area contributed by atoms with E-state index in [0.29, 0.717) is 26.1 Å². The van der Waals surface area contributed by atoms with Crippen LogP contribution in [0.3, 0.4) is 0 Å². The molecule has 0 aromatic heterocycles. The molecule has 1 saturated heterocycles. The van der Waals surface area contributed by atoms with Crippen LogP contribution in [0.4, 0.5) is 10.5 Å². The van der Waals surface area contributed by atoms with E-state index in [9.17, 15) is 14.9 Å². The van der Waals surface area contributed by atoms with E-state index in [1.165, 1.54) is 24.3 Å². The second kappa shape index (κ2) is 6.29. The van der Waals surface area contributed by atoms with Crippen LogP contribution in [0.25, 0.3) is 0 Å². The lowest BCUT2D eigenvalue weighted by Crippen LogP contribution is -2.33. The van der Waals surface area contributed by atoms with Crippen LogP contribution in [0, 0.1) is 10.1 Å². The predicted octanol–water partition coefficient (Wildman–Crippen LogP) is 2.06. The van der Waals surface area contributed by atoms with E-state index in [1.807, 2.05) is 0 Å². The lowest BCUT2D eigenvalue weighted by atomic mass is 10.2. The van der Waals surface area contributed by atoms with E-state index in [-0.39, 0.29) is 29.7 Å². The minimum atomic E-state index is -0.836. The monoisotopic (exact) mass is 309 g/mol. The first-order valence-corrected chi connectivity index (χ1v) is 6.98. The van der Waals surface area contributed by atoms with Gasteiger partial charge in [0, 0.05) is 25.0 Å². The Bertz CT molecular complexity index is 545. The maximum absolute atomic E-state index is 11.7. The lowest BCUT2D eigenvalue weighted by molar-refractivity contribution is -0.384. The Morgan fingerprint density at radius 3 is 2.27 bits per heavy atom. The molecule has 8 nitrogen and oxygen atoms in total. The van der Waals surface area contributed by atoms with Gasteiger partial charge in [-0.05, 0) is 12.1 Å². The number of nitro groups is 1. The number of nitrogens with zero attached hydrogens (tertiary/aromatic N) is 1. The van der Waals surface area contributed by atoms with Crippen LogP contribution in [0.15, 0.2) is 24.3 Å². The van der Waals surface area contributed by atoms with Crippen molar-refractivity contribution in [2.75, 3.05) is 13.2 Å². The van der Waals surface area contributed by atoms with Gasteiger partial charge in [0.2, 0.25) is 0 Å². The van der Waals surface area contributed by atoms with Gasteiger partial charge in [0.25, 0.3) is 5.69 Å². The molecule has 1 unspecified atom stereocenters. The SMILES string of the molecule is O=C(Oc1ccc([N+](=O)[O-])cc1)OC1C[C@@H]2OCCO[C@@H]2C1. The van der Waals surface area contributed by atoms with Gasteiger partial charge in [-0.1, -0.05) is 0 Å². The minimum Gasteiger partial charge on any atom is -0.430 e. The summed E-state index contributed by atoms with van der Waals surface area (Å²) in [5.74, 6) is 0.193. The molecule has 1 heterocycles. The molecule has 1 aromatic rings. The summed E-state index contributed by atoms with van der Waals surface area (Å²) in [6.07, 6.45) is -0.0481. The van der Waals surface area contributed by atoms with Crippen LogP contribution >= 0.6 is 0 Å². The van der Waals surface area contributed by atoms with Gasteiger partial charge < -0.3 is 18.9 Å². The maximum Gasteiger partial charge on any atom is 0.514 e. The lowest BCUT2D eigenvalue weighted by Gasteiger charge is -2.25. The van der Waals surface area contributed by atoms with Crippen molar-refractivity contribution < 1.29 is 28.7 Å². The van der Waals surface area contributed by atoms with Crippen molar-refractivity contribution in [2.45, 2.75) is 31.2 Å². The molecule has 1 aromatic carbocycles. The molecule has 8 heteroatoms. The summed E-state index contributed by atoms with van der Waals surface area (Å²) in [7, 11) is 0. The molecule has 3 atom stereocenters. The number of ether oxygens (including phenoxy) is 4. The predicted molar refractivity (Wildman–Crippen MR) is 72.7 cm³/mol. The number of benzene rings is 1. The normalized spacial score (nSPS) is 27.0. The van der Waals surface area contributed by atoms with E-state index in [1.54, 1.807) is 0 Å². The zero-order chi connectivity index (χ0) is 15.5. The average Bonchev–Trinajstić information content (AvgIpc) is 2.89. The van der Waals surface area contributed by atoms with E-state index in [2.05, 4.69) is 0 Å². The van der Waals surface area contributed by atoms with E-state index >= 15 is 0 Å². The van der Waals surface area contributed by atoms with Gasteiger partial charge in [-0.2, -0.15) is 0 Å². The zero-order valence-electron chi connectivity index (χ0n) is 11.7. The number of fused-ring (bicyclic) bond motifs is 1. The van der Waals surface area contributed by atoms with E-state index < -0.39 is 11.1 Å². The molecular weight excluding hydrogens is 294 g/mol. The number of non-ortho nitro benzene ring substituents is 1. The third-order valence-corrected chi connectivity index (χ3v) is 3.66. The van der Waals surface area contributed by atoms with Gasteiger partial charge in [-0.3, -0.25) is 10.1 Å². The molecule has 22 heavy (non-hydrogen) atoms. The molecule has 3 rings (SSSR count). The van der Waals surface area contributed by atoms with Crippen LogP contribution in [0.1, 0.15) is 12.8 Å². The topological polar surface area (TPSA) is 97.1 Å². The second-order valence-electron chi connectivity index (χ2n) is 5.13. The van der Waals surface area contributed by atoms with Gasteiger partial charge >= 0.3 is 6.16 Å². The van der Waals surface area contributed by atoms with Crippen molar-refractivity contribution >= 4 is 11.8 Å². The van der Waals surface area contributed by atoms with Crippen LogP contribution in [0.5, 0.6) is 5.75 Å². The fourth-order valence-corrected chi connectivity index (χ4v) is 2.66. The van der Waals surface area contributed by atoms with Gasteiger partial charge in [0.1, 0.15) is 11.9 Å². The number of hydrogen-bond acceptors (Lipinski definition) is 7. The molecule has 0 radical (unpaired) electrons. The first-order valence-electron chi connectivity index (χ1n) is 6.98. The van der Waals surface area contributed by atoms with Gasteiger partial charge in [0.05, 0.1) is 30.3 Å². The molecule has 1 aliphatic heterocycles. The van der Waals surface area contributed by atoms with E-state index in [0.717, 1.165) is 0 Å². The quantitative estimate of drug-likeness (QED) is 0.365. The third-order valence-electron chi connectivity index (χ3n) is 3.66. The maximum atomic E-state index is 11.7. The largest absolute Gasteiger partial charge is 0.514 e. The smallest absolute Gasteiger partial charge is 0.430 e. The molecule has 1 saturated carbocycles. The Morgan fingerprint density at radius 2 is 1.73 bits per heavy atom. The van der Waals surface area contributed by atoms with Crippen LogP contribution < -0.4 is 4.74 Å². The van der Waals surface area contributed by atoms with Crippen molar-refractivity contribution in [1.29, 1.82) is 0 Å². The molecule has 0 amide bonds. The highest BCUT2D eigenvalue weighted by Crippen LogP contribution is 2.30. The van der Waals surface area contributed by atoms with Crippen LogP contribution in [-0.2, 0) is 14.2 Å². The third kappa shape index (κ3) is 3.34. The summed E-state index contributed by atoms with van der Waals surface area (Å²) in [4.78, 5) is 21.7. The van der Waals surface area contributed by atoms with Crippen molar-refractivity contribution in [2.24, 2.45) is 0 Å². The molecular formula is C14H15NO7. The van der Waals surface area contributed by atoms with Crippen molar-refractivity contribution in [3.63, 3.8) is 0 Å². The summed E-state index contributed by atoms with van der Waals surface area (Å²) in [5, 5.41) is 10.5. The Hall–Kier alpha value is -2.19. The number of hydrogen-bond donors (Lipinski definition) is 0. The summed E-state index contributed by atoms with van der Waals surface area (Å²) in [5.41, 5.74) is -0.0742. The highest BCUT2D eigenvalue weighted by molar-refractivity contribution is 5.64. The summed E-state index contributed by atoms with van der Waals surface area (Å²) >= 11 is 0. The molecule has 118 valence electrons. The molecule has 0 spiro atoms. The van der Waals surface area contributed by atoms with Crippen LogP contribution in [-0.4, -0.2) is 42.6 Å². The highest BCUT2D eigenvalue weighted by Gasteiger charge is 2.40. The summed E-state index contributed by atoms with van der Waals surface area (Å²) < 4.78 is 21.3. The first-order chi connectivity index (χ1) is 10.6. The zero-order valence-corrected chi connectivity index (χ0v) is 11.7. The van der Waals surface area contributed by atoms with Gasteiger partial charge in [-0.25, -0.2) is 4.79 Å². The number of carbonyl (C=O) groups is 1. The molecule has 0 N–H and O–H groups in total. The molecule has 0 bridgehead atoms. The van der Waals surface area contributed by atoms with Crippen LogP contribution in [0.2, 0.25) is 0 Å². The van der Waals surface area contributed by atoms with Crippen molar-refractivity contribution in [3.8, 4) is 5.75 Å². The molecule has 2 aliphatic rings. The average molecular weight is 309 g/mol. The highest BCUT2D eigenvalue weighted by atomic mass is 16.7. The number of nitro benzene ring substituents is 1. The van der Waals surface area contributed by atoms with Crippen molar-refractivity contribution in [1.82, 2.24) is 0 Å². The summed E-state index contributed by atoms with van der Waals surface area (Å²) in [6.45, 7) is 1.11. The first kappa shape index (κ1) is 14.7. The fraction of sp³-hybridized carbons (Fsp3) is 0.500. The Morgan fingerprint density at radius 1 is 1.14 bits per heavy atom. The van der Waals surface area contributed by atoms with Gasteiger partial charge in [-0.15, -0.1) is 0 Å². The van der Waals surface area contributed by atoms with E-state index in [4.69, 9.17) is 18.9 Å². The standard InChI is InChI=1S/C14H15NO7/c16-14(21-10-3-1-9(2-4-10)15(17)18)22-11-7-12-13(8-11)20-6-5-19-12/h1-4,11-13H,5-8H2/t11?,12-,13+. The van der Waals surface area contributed by atoms with Crippen molar-refractivity contribution in [3.05, 3.63) is 34.4 Å². The number of carbonyl (C=O) groups excluding carboxylic acids is 1. The second-order valence-corrected chi connectivity index (χ2v) is 5.13. The van der Waals surface area contributed by atoms with Gasteiger partial charge in [0.15, 0.2) is 0 Å². The Labute approximate surface area is 126 Å².